The van der Waals surface area contributed by atoms with E-state index in [-0.39, 0.29) is 0 Å². The lowest BCUT2D eigenvalue weighted by molar-refractivity contribution is 0.592. The van der Waals surface area contributed by atoms with Crippen molar-refractivity contribution in [2.75, 3.05) is 5.33 Å². The molecule has 0 heterocycles. The molecule has 0 rings (SSSR count). The number of hydrogen-bond acceptors (Lipinski definition) is 0. The molecule has 1 heteroatoms. The quantitative estimate of drug-likeness (QED) is 0.222. The summed E-state index contributed by atoms with van der Waals surface area (Å²) in [6.45, 7) is 2.27. The number of alkyl halides is 1. The number of halogens is 1. The molecule has 0 N–H and O–H groups in total. The Labute approximate surface area is 117 Å². The van der Waals surface area contributed by atoms with E-state index < -0.39 is 0 Å². The molecule has 0 spiro atoms. The summed E-state index contributed by atoms with van der Waals surface area (Å²) in [5.41, 5.74) is 0. The van der Waals surface area contributed by atoms with Gasteiger partial charge in [0.2, 0.25) is 0 Å². The van der Waals surface area contributed by atoms with E-state index in [1.165, 1.54) is 64.2 Å². The smallest absolute Gasteiger partial charge is 0.00342 e. The average Bonchev–Trinajstić information content (AvgIpc) is 2.35. The van der Waals surface area contributed by atoms with Crippen LogP contribution in [0, 0.1) is 0 Å². The molecule has 0 radical (unpaired) electrons. The lowest BCUT2D eigenvalue weighted by Gasteiger charge is -1.98. The maximum atomic E-state index is 3.43. The van der Waals surface area contributed by atoms with Crippen LogP contribution in [0.1, 0.15) is 71.1 Å². The molecule has 0 nitrogen and oxygen atoms in total. The highest BCUT2D eigenvalue weighted by atomic mass is 79.9. The van der Waals surface area contributed by atoms with Crippen LogP contribution in [0.4, 0.5) is 0 Å². The van der Waals surface area contributed by atoms with E-state index >= 15 is 0 Å². The molecule has 0 aliphatic carbocycles. The molecular formula is C16H29Br. The third-order valence-corrected chi connectivity index (χ3v) is 3.42. The Balaban J connectivity index is 3.11. The van der Waals surface area contributed by atoms with Gasteiger partial charge in [-0.25, -0.2) is 0 Å². The van der Waals surface area contributed by atoms with Crippen LogP contribution in [0.25, 0.3) is 0 Å². The molecule has 0 saturated carbocycles. The molecule has 0 amide bonds. The highest BCUT2D eigenvalue weighted by Gasteiger charge is 1.88. The van der Waals surface area contributed by atoms with Gasteiger partial charge in [0, 0.05) is 5.33 Å². The first-order valence-electron chi connectivity index (χ1n) is 7.29. The van der Waals surface area contributed by atoms with Crippen molar-refractivity contribution in [3.63, 3.8) is 0 Å². The predicted octanol–water partition coefficient (Wildman–Crippen LogP) is 6.41. The van der Waals surface area contributed by atoms with E-state index in [1.807, 2.05) is 0 Å². The van der Waals surface area contributed by atoms with Crippen LogP contribution in [-0.4, -0.2) is 5.33 Å². The Morgan fingerprint density at radius 1 is 0.706 bits per heavy atom. The van der Waals surface area contributed by atoms with Gasteiger partial charge in [0.05, 0.1) is 0 Å². The lowest BCUT2D eigenvalue weighted by Crippen LogP contribution is -1.78. The Bertz CT molecular complexity index is 182. The van der Waals surface area contributed by atoms with Crippen LogP contribution >= 0.6 is 15.9 Å². The van der Waals surface area contributed by atoms with Gasteiger partial charge < -0.3 is 0 Å². The predicted molar refractivity (Wildman–Crippen MR) is 83.9 cm³/mol. The monoisotopic (exact) mass is 300 g/mol. The van der Waals surface area contributed by atoms with Gasteiger partial charge in [-0.1, -0.05) is 85.7 Å². The molecular weight excluding hydrogens is 272 g/mol. The summed E-state index contributed by atoms with van der Waals surface area (Å²) in [6.07, 6.45) is 22.4. The first-order valence-corrected chi connectivity index (χ1v) is 8.41. The zero-order valence-electron chi connectivity index (χ0n) is 11.5. The molecule has 0 unspecified atom stereocenters. The SMILES string of the molecule is CCCCCCCCCC=CC=CCCCBr. The molecule has 0 aliphatic heterocycles. The van der Waals surface area contributed by atoms with E-state index in [9.17, 15) is 0 Å². The van der Waals surface area contributed by atoms with Gasteiger partial charge in [-0.15, -0.1) is 0 Å². The first kappa shape index (κ1) is 17.0. The van der Waals surface area contributed by atoms with E-state index in [2.05, 4.69) is 47.2 Å². The van der Waals surface area contributed by atoms with Crippen molar-refractivity contribution in [3.8, 4) is 0 Å². The zero-order valence-corrected chi connectivity index (χ0v) is 13.1. The summed E-state index contributed by atoms with van der Waals surface area (Å²) in [4.78, 5) is 0. The fraction of sp³-hybridized carbons (Fsp3) is 0.750. The van der Waals surface area contributed by atoms with Crippen LogP contribution in [0.2, 0.25) is 0 Å². The van der Waals surface area contributed by atoms with Crippen molar-refractivity contribution in [2.24, 2.45) is 0 Å². The molecule has 0 aromatic rings. The van der Waals surface area contributed by atoms with Gasteiger partial charge in [0.1, 0.15) is 0 Å². The van der Waals surface area contributed by atoms with Crippen molar-refractivity contribution in [2.45, 2.75) is 71.1 Å². The minimum atomic E-state index is 1.11. The standard InChI is InChI=1S/C16H29Br/c1-2-3-4-5-6-7-8-9-10-11-12-13-14-15-16-17/h10-13H,2-9,14-16H2,1H3. The van der Waals surface area contributed by atoms with Gasteiger partial charge >= 0.3 is 0 Å². The molecule has 0 atom stereocenters. The fourth-order valence-electron chi connectivity index (χ4n) is 1.76. The Kier molecular flexibility index (Phi) is 15.9. The largest absolute Gasteiger partial charge is 0.0928 e. The molecule has 0 aromatic heterocycles. The van der Waals surface area contributed by atoms with Gasteiger partial charge in [-0.3, -0.25) is 0 Å². The van der Waals surface area contributed by atoms with Crippen molar-refractivity contribution >= 4 is 15.9 Å². The van der Waals surface area contributed by atoms with Gasteiger partial charge in [-0.2, -0.15) is 0 Å². The molecule has 17 heavy (non-hydrogen) atoms. The minimum Gasteiger partial charge on any atom is -0.0928 e. The molecule has 0 aromatic carbocycles. The summed E-state index contributed by atoms with van der Waals surface area (Å²) < 4.78 is 0. The summed E-state index contributed by atoms with van der Waals surface area (Å²) in [6, 6.07) is 0. The fourth-order valence-corrected chi connectivity index (χ4v) is 2.09. The Hall–Kier alpha value is -0.0400. The van der Waals surface area contributed by atoms with Crippen LogP contribution in [-0.2, 0) is 0 Å². The third-order valence-electron chi connectivity index (χ3n) is 2.86. The van der Waals surface area contributed by atoms with Crippen molar-refractivity contribution in [1.29, 1.82) is 0 Å². The molecule has 0 fully saturated rings. The molecule has 0 bridgehead atoms. The minimum absolute atomic E-state index is 1.11. The highest BCUT2D eigenvalue weighted by molar-refractivity contribution is 9.09. The maximum absolute atomic E-state index is 3.43. The van der Waals surface area contributed by atoms with Crippen molar-refractivity contribution in [1.82, 2.24) is 0 Å². The molecule has 0 aliphatic rings. The molecule has 0 saturated heterocycles. The van der Waals surface area contributed by atoms with E-state index in [0.29, 0.717) is 0 Å². The number of rotatable bonds is 12. The van der Waals surface area contributed by atoms with Crippen LogP contribution in [0.3, 0.4) is 0 Å². The van der Waals surface area contributed by atoms with E-state index in [0.717, 1.165) is 5.33 Å². The van der Waals surface area contributed by atoms with Gasteiger partial charge in [0.15, 0.2) is 0 Å². The zero-order chi connectivity index (χ0) is 12.6. The number of unbranched alkanes of at least 4 members (excludes halogenated alkanes) is 8. The summed E-state index contributed by atoms with van der Waals surface area (Å²) in [5, 5.41) is 1.11. The van der Waals surface area contributed by atoms with E-state index in [4.69, 9.17) is 0 Å². The summed E-state index contributed by atoms with van der Waals surface area (Å²) >= 11 is 3.43. The Morgan fingerprint density at radius 2 is 1.24 bits per heavy atom. The highest BCUT2D eigenvalue weighted by Crippen LogP contribution is 2.08. The number of allylic oxidation sites excluding steroid dienone is 4. The van der Waals surface area contributed by atoms with E-state index in [1.54, 1.807) is 0 Å². The van der Waals surface area contributed by atoms with Crippen LogP contribution in [0.5, 0.6) is 0 Å². The number of hydrogen-bond donors (Lipinski definition) is 0. The van der Waals surface area contributed by atoms with Gasteiger partial charge in [-0.05, 0) is 25.7 Å². The first-order chi connectivity index (χ1) is 8.41. The summed E-state index contributed by atoms with van der Waals surface area (Å²) in [7, 11) is 0. The second-order valence-electron chi connectivity index (χ2n) is 4.60. The molecule has 100 valence electrons. The van der Waals surface area contributed by atoms with Crippen LogP contribution < -0.4 is 0 Å². The second-order valence-corrected chi connectivity index (χ2v) is 5.39. The lowest BCUT2D eigenvalue weighted by atomic mass is 10.1. The third kappa shape index (κ3) is 16.0. The Morgan fingerprint density at radius 3 is 1.82 bits per heavy atom. The average molecular weight is 301 g/mol. The van der Waals surface area contributed by atoms with Crippen molar-refractivity contribution in [3.05, 3.63) is 24.3 Å². The maximum Gasteiger partial charge on any atom is 0.00342 e. The van der Waals surface area contributed by atoms with Crippen LogP contribution in [0.15, 0.2) is 24.3 Å². The normalized spacial score (nSPS) is 11.9. The van der Waals surface area contributed by atoms with Crippen molar-refractivity contribution < 1.29 is 0 Å². The summed E-state index contributed by atoms with van der Waals surface area (Å²) in [5.74, 6) is 0. The second kappa shape index (κ2) is 16.0. The van der Waals surface area contributed by atoms with Gasteiger partial charge in [0.25, 0.3) is 0 Å². The topological polar surface area (TPSA) is 0 Å².